The fourth-order valence-corrected chi connectivity index (χ4v) is 7.66. The zero-order chi connectivity index (χ0) is 32.9. The van der Waals surface area contributed by atoms with Crippen LogP contribution >= 0.6 is 0 Å². The van der Waals surface area contributed by atoms with Crippen molar-refractivity contribution in [1.82, 2.24) is 35.5 Å². The average molecular weight is 656 g/mol. The van der Waals surface area contributed by atoms with Crippen molar-refractivity contribution in [2.24, 2.45) is 11.3 Å². The van der Waals surface area contributed by atoms with E-state index in [2.05, 4.69) is 35.2 Å². The lowest BCUT2D eigenvalue weighted by atomic mass is 9.41. The summed E-state index contributed by atoms with van der Waals surface area (Å²) in [4.78, 5) is 40.0. The van der Waals surface area contributed by atoms with Gasteiger partial charge in [0.25, 0.3) is 5.91 Å². The number of imidazole rings is 1. The molecule has 3 aromatic rings. The molecule has 11 nitrogen and oxygen atoms in total. The molecule has 4 saturated carbocycles. The molecule has 3 atom stereocenters. The number of rotatable bonds is 6. The standard InChI is InChI=1S/C29H31F6N7O4/c1-14-19(41-46-40-14)23(43)38-20(15-4-6-28(31,32)7-5-15)22-37-17-3-2-16(36-21(17)39-22)18-10-27(45,29(33,34)35)8-9-42(18)24(44)25-11-26(30,12-25)13-25/h2-3,15,18,20,45H,4-13H2,1H3,(H,38,43)(H,36,37,39)/t18-,20-,25?,26?,27+/m0/s1. The summed E-state index contributed by atoms with van der Waals surface area (Å²) in [6, 6.07) is 0.767. The van der Waals surface area contributed by atoms with Gasteiger partial charge in [-0.25, -0.2) is 27.8 Å². The molecule has 3 aromatic heterocycles. The van der Waals surface area contributed by atoms with Gasteiger partial charge in [0.2, 0.25) is 11.8 Å². The highest BCUT2D eigenvalue weighted by molar-refractivity contribution is 5.93. The fraction of sp³-hybridized carbons (Fsp3) is 0.655. The molecule has 8 rings (SSSR count). The number of likely N-dealkylation sites (tertiary alicyclic amines) is 1. The van der Waals surface area contributed by atoms with Crippen LogP contribution in [0.5, 0.6) is 0 Å². The Bertz CT molecular complexity index is 1680. The number of carbonyl (C=O) groups is 2. The SMILES string of the molecule is Cc1nonc1C(=O)N[C@H](c1nc2nc([C@@H]3C[C@@](O)(C(F)(F)F)CCN3C(=O)C34CC(F)(C3)C4)ccc2[nH]1)C1CCC(F)(F)CC1. The van der Waals surface area contributed by atoms with Crippen LogP contribution in [-0.2, 0) is 4.79 Å². The summed E-state index contributed by atoms with van der Waals surface area (Å²) in [6.07, 6.45) is -7.15. The van der Waals surface area contributed by atoms with E-state index in [9.17, 15) is 41.0 Å². The molecule has 4 aliphatic carbocycles. The molecule has 2 bridgehead atoms. The first-order chi connectivity index (χ1) is 21.5. The Kier molecular flexibility index (Phi) is 6.79. The second-order valence-corrected chi connectivity index (χ2v) is 13.5. The predicted octanol–water partition coefficient (Wildman–Crippen LogP) is 4.80. The third kappa shape index (κ3) is 5.01. The number of piperidine rings is 1. The monoisotopic (exact) mass is 655 g/mol. The van der Waals surface area contributed by atoms with E-state index in [0.717, 1.165) is 0 Å². The first-order valence-electron chi connectivity index (χ1n) is 15.1. The highest BCUT2D eigenvalue weighted by atomic mass is 19.4. The van der Waals surface area contributed by atoms with Crippen LogP contribution in [0.25, 0.3) is 11.2 Å². The number of aromatic amines is 1. The smallest absolute Gasteiger partial charge is 0.380 e. The molecular weight excluding hydrogens is 624 g/mol. The predicted molar refractivity (Wildman–Crippen MR) is 145 cm³/mol. The highest BCUT2D eigenvalue weighted by Crippen LogP contribution is 2.70. The number of nitrogens with one attached hydrogen (secondary N) is 2. The van der Waals surface area contributed by atoms with E-state index >= 15 is 0 Å². The van der Waals surface area contributed by atoms with Gasteiger partial charge in [-0.3, -0.25) is 9.59 Å². The molecule has 1 saturated heterocycles. The number of hydrogen-bond acceptors (Lipinski definition) is 8. The minimum Gasteiger partial charge on any atom is -0.380 e. The summed E-state index contributed by atoms with van der Waals surface area (Å²) >= 11 is 0. The number of carbonyl (C=O) groups excluding carboxylic acids is 2. The molecular formula is C29H31F6N7O4. The van der Waals surface area contributed by atoms with Gasteiger partial charge in [0.15, 0.2) is 16.9 Å². The quantitative estimate of drug-likeness (QED) is 0.321. The summed E-state index contributed by atoms with van der Waals surface area (Å²) in [5.41, 5.74) is -4.87. The van der Waals surface area contributed by atoms with Crippen molar-refractivity contribution in [3.8, 4) is 0 Å². The van der Waals surface area contributed by atoms with Gasteiger partial charge in [-0.15, -0.1) is 0 Å². The lowest BCUT2D eigenvalue weighted by Crippen LogP contribution is -2.71. The number of nitrogens with zero attached hydrogens (tertiary/aromatic N) is 5. The molecule has 0 unspecified atom stereocenters. The number of amides is 2. The van der Waals surface area contributed by atoms with Crippen molar-refractivity contribution >= 4 is 23.0 Å². The van der Waals surface area contributed by atoms with E-state index in [0.29, 0.717) is 5.52 Å². The third-order valence-corrected chi connectivity index (χ3v) is 10.3. The van der Waals surface area contributed by atoms with E-state index in [1.807, 2.05) is 0 Å². The molecule has 46 heavy (non-hydrogen) atoms. The number of fused-ring (bicyclic) bond motifs is 1. The number of aliphatic hydroxyl groups is 1. The Morgan fingerprint density at radius 2 is 1.78 bits per heavy atom. The maximum Gasteiger partial charge on any atom is 0.417 e. The Hall–Kier alpha value is -3.76. The van der Waals surface area contributed by atoms with Crippen molar-refractivity contribution in [3.05, 3.63) is 35.0 Å². The Labute approximate surface area is 257 Å². The number of hydrogen-bond donors (Lipinski definition) is 3. The van der Waals surface area contributed by atoms with Crippen molar-refractivity contribution in [2.75, 3.05) is 6.54 Å². The van der Waals surface area contributed by atoms with Gasteiger partial charge in [0.05, 0.1) is 28.7 Å². The lowest BCUT2D eigenvalue weighted by molar-refractivity contribution is -0.280. The Morgan fingerprint density at radius 3 is 2.39 bits per heavy atom. The minimum absolute atomic E-state index is 0.0188. The van der Waals surface area contributed by atoms with Crippen molar-refractivity contribution in [3.63, 3.8) is 0 Å². The molecule has 0 radical (unpaired) electrons. The topological polar surface area (TPSA) is 150 Å². The number of aromatic nitrogens is 5. The van der Waals surface area contributed by atoms with Gasteiger partial charge >= 0.3 is 6.18 Å². The van der Waals surface area contributed by atoms with Crippen LogP contribution in [0.1, 0.15) is 97.6 Å². The molecule has 0 spiro atoms. The Morgan fingerprint density at radius 1 is 1.09 bits per heavy atom. The zero-order valence-corrected chi connectivity index (χ0v) is 24.6. The van der Waals surface area contributed by atoms with E-state index in [1.165, 1.54) is 24.0 Å². The summed E-state index contributed by atoms with van der Waals surface area (Å²) in [6.45, 7) is 1.11. The highest BCUT2D eigenvalue weighted by Gasteiger charge is 2.74. The van der Waals surface area contributed by atoms with Crippen molar-refractivity contribution < 1.29 is 45.7 Å². The van der Waals surface area contributed by atoms with E-state index in [1.54, 1.807) is 0 Å². The van der Waals surface area contributed by atoms with Gasteiger partial charge in [-0.1, -0.05) is 5.16 Å². The Balaban J connectivity index is 1.21. The van der Waals surface area contributed by atoms with Crippen LogP contribution in [-0.4, -0.2) is 77.0 Å². The molecule has 5 fully saturated rings. The fourth-order valence-electron chi connectivity index (χ4n) is 7.66. The number of alkyl halides is 6. The molecule has 4 heterocycles. The normalized spacial score (nSPS) is 31.7. The average Bonchev–Trinajstić information content (AvgIpc) is 3.58. The van der Waals surface area contributed by atoms with Crippen LogP contribution in [0, 0.1) is 18.3 Å². The molecule has 1 aliphatic heterocycles. The van der Waals surface area contributed by atoms with Crippen LogP contribution in [0.2, 0.25) is 0 Å². The molecule has 248 valence electrons. The maximum atomic E-state index is 14.3. The summed E-state index contributed by atoms with van der Waals surface area (Å²) in [5, 5.41) is 20.6. The summed E-state index contributed by atoms with van der Waals surface area (Å²) in [7, 11) is 0. The second-order valence-electron chi connectivity index (χ2n) is 13.5. The van der Waals surface area contributed by atoms with Crippen molar-refractivity contribution in [1.29, 1.82) is 0 Å². The van der Waals surface area contributed by atoms with Crippen LogP contribution in [0.3, 0.4) is 0 Å². The molecule has 3 N–H and O–H groups in total. The number of halogens is 6. The van der Waals surface area contributed by atoms with Gasteiger partial charge < -0.3 is 20.3 Å². The van der Waals surface area contributed by atoms with Gasteiger partial charge in [-0.05, 0) is 62.2 Å². The molecule has 0 aromatic carbocycles. The van der Waals surface area contributed by atoms with Gasteiger partial charge in [0.1, 0.15) is 17.2 Å². The second kappa shape index (κ2) is 10.1. The van der Waals surface area contributed by atoms with Crippen LogP contribution in [0.4, 0.5) is 26.3 Å². The summed E-state index contributed by atoms with van der Waals surface area (Å²) in [5.74, 6) is -4.23. The van der Waals surface area contributed by atoms with Crippen LogP contribution in [0.15, 0.2) is 16.8 Å². The molecule has 5 aliphatic rings. The third-order valence-electron chi connectivity index (χ3n) is 10.3. The summed E-state index contributed by atoms with van der Waals surface area (Å²) < 4.78 is 88.9. The largest absolute Gasteiger partial charge is 0.417 e. The van der Waals surface area contributed by atoms with E-state index < -0.39 is 90.8 Å². The number of aryl methyl sites for hydroxylation is 1. The number of pyridine rings is 1. The van der Waals surface area contributed by atoms with Crippen molar-refractivity contribution in [2.45, 2.75) is 100 Å². The van der Waals surface area contributed by atoms with E-state index in [4.69, 9.17) is 0 Å². The van der Waals surface area contributed by atoms with E-state index in [-0.39, 0.29) is 60.7 Å². The van der Waals surface area contributed by atoms with Crippen LogP contribution < -0.4 is 5.32 Å². The molecule has 2 amide bonds. The number of H-pyrrole nitrogens is 1. The van der Waals surface area contributed by atoms with Gasteiger partial charge in [0, 0.05) is 32.2 Å². The molecule has 17 heteroatoms. The minimum atomic E-state index is -4.97. The first kappa shape index (κ1) is 30.9. The van der Waals surface area contributed by atoms with Gasteiger partial charge in [-0.2, -0.15) is 13.2 Å². The zero-order valence-electron chi connectivity index (χ0n) is 24.6. The first-order valence-corrected chi connectivity index (χ1v) is 15.1. The lowest BCUT2D eigenvalue weighted by Gasteiger charge is -2.65. The maximum absolute atomic E-state index is 14.3.